The van der Waals surface area contributed by atoms with Crippen molar-refractivity contribution in [2.24, 2.45) is 7.05 Å². The van der Waals surface area contributed by atoms with Crippen molar-refractivity contribution in [3.8, 4) is 22.4 Å². The highest BCUT2D eigenvalue weighted by molar-refractivity contribution is 6.06. The number of anilines is 2. The first kappa shape index (κ1) is 26.5. The van der Waals surface area contributed by atoms with Crippen LogP contribution in [0.25, 0.3) is 22.4 Å². The monoisotopic (exact) mass is 546 g/mol. The first-order valence-corrected chi connectivity index (χ1v) is 13.7. The second-order valence-corrected chi connectivity index (χ2v) is 10.5. The summed E-state index contributed by atoms with van der Waals surface area (Å²) in [4.78, 5) is 18.4. The van der Waals surface area contributed by atoms with Crippen LogP contribution in [0.15, 0.2) is 103 Å². The summed E-state index contributed by atoms with van der Waals surface area (Å²) in [5, 5.41) is 2.94. The maximum atomic E-state index is 13.4. The number of aryl methyl sites for hydroxylation is 1. The highest BCUT2D eigenvalue weighted by Crippen LogP contribution is 2.41. The molecule has 0 aliphatic carbocycles. The number of halogens is 1. The molecule has 6 nitrogen and oxygen atoms in total. The van der Waals surface area contributed by atoms with Crippen LogP contribution in [0, 0.1) is 5.82 Å². The number of aromatic nitrogens is 2. The number of nitrogens with one attached hydrogen (secondary N) is 1. The van der Waals surface area contributed by atoms with Gasteiger partial charge in [0.05, 0.1) is 22.5 Å². The van der Waals surface area contributed by atoms with Crippen molar-refractivity contribution in [3.05, 3.63) is 126 Å². The average molecular weight is 547 g/mol. The highest BCUT2D eigenvalue weighted by Gasteiger charge is 2.40. The van der Waals surface area contributed by atoms with Gasteiger partial charge in [-0.3, -0.25) is 4.79 Å². The molecule has 4 aromatic carbocycles. The van der Waals surface area contributed by atoms with E-state index in [0.29, 0.717) is 30.2 Å². The van der Waals surface area contributed by atoms with Crippen molar-refractivity contribution < 1.29 is 13.9 Å². The molecule has 206 valence electrons. The molecule has 7 heteroatoms. The normalized spacial score (nSPS) is 14.5. The van der Waals surface area contributed by atoms with Crippen LogP contribution in [0.5, 0.6) is 0 Å². The molecule has 0 atom stereocenters. The molecule has 0 spiro atoms. The second kappa shape index (κ2) is 11.0. The van der Waals surface area contributed by atoms with Crippen molar-refractivity contribution in [1.29, 1.82) is 0 Å². The fourth-order valence-electron chi connectivity index (χ4n) is 5.64. The summed E-state index contributed by atoms with van der Waals surface area (Å²) in [5.74, 6) is 0.425. The maximum absolute atomic E-state index is 13.4. The van der Waals surface area contributed by atoms with Crippen LogP contribution in [0.2, 0.25) is 0 Å². The average Bonchev–Trinajstić information content (AvgIpc) is 3.41. The van der Waals surface area contributed by atoms with Gasteiger partial charge in [-0.05, 0) is 65.9 Å². The summed E-state index contributed by atoms with van der Waals surface area (Å²) >= 11 is 0. The lowest BCUT2D eigenvalue weighted by atomic mass is 9.73. The van der Waals surface area contributed by atoms with Gasteiger partial charge >= 0.3 is 0 Å². The third-order valence-electron chi connectivity index (χ3n) is 7.90. The van der Waals surface area contributed by atoms with Crippen LogP contribution in [-0.2, 0) is 17.2 Å². The molecular weight excluding hydrogens is 515 g/mol. The zero-order valence-electron chi connectivity index (χ0n) is 22.8. The second-order valence-electron chi connectivity index (χ2n) is 10.5. The van der Waals surface area contributed by atoms with Crippen molar-refractivity contribution >= 4 is 17.3 Å². The highest BCUT2D eigenvalue weighted by atomic mass is 19.1. The van der Waals surface area contributed by atoms with Gasteiger partial charge in [0.1, 0.15) is 11.6 Å². The molecule has 0 unspecified atom stereocenters. The zero-order valence-corrected chi connectivity index (χ0v) is 22.8. The Morgan fingerprint density at radius 1 is 0.902 bits per heavy atom. The van der Waals surface area contributed by atoms with E-state index in [1.807, 2.05) is 55.6 Å². The third-order valence-corrected chi connectivity index (χ3v) is 7.90. The topological polar surface area (TPSA) is 82.2 Å². The molecular formula is C34H31FN4O2. The van der Waals surface area contributed by atoms with Crippen LogP contribution in [0.3, 0.4) is 0 Å². The number of nitrogens with zero attached hydrogens (tertiary/aromatic N) is 2. The van der Waals surface area contributed by atoms with E-state index in [0.717, 1.165) is 46.6 Å². The lowest BCUT2D eigenvalue weighted by Gasteiger charge is -2.37. The van der Waals surface area contributed by atoms with Crippen LogP contribution in [-0.4, -0.2) is 28.7 Å². The van der Waals surface area contributed by atoms with Gasteiger partial charge in [0.15, 0.2) is 0 Å². The first-order valence-electron chi connectivity index (χ1n) is 13.7. The minimum Gasteiger partial charge on any atom is -0.397 e. The van der Waals surface area contributed by atoms with E-state index in [1.54, 1.807) is 24.3 Å². The Labute approximate surface area is 238 Å². The Hall–Kier alpha value is -4.75. The summed E-state index contributed by atoms with van der Waals surface area (Å²) in [5.41, 5.74) is 12.1. The van der Waals surface area contributed by atoms with Crippen molar-refractivity contribution in [2.75, 3.05) is 24.3 Å². The van der Waals surface area contributed by atoms with Gasteiger partial charge in [0, 0.05) is 37.6 Å². The Morgan fingerprint density at radius 3 is 2.29 bits per heavy atom. The van der Waals surface area contributed by atoms with Gasteiger partial charge in [-0.15, -0.1) is 0 Å². The summed E-state index contributed by atoms with van der Waals surface area (Å²) in [6, 6.07) is 29.5. The quantitative estimate of drug-likeness (QED) is 0.229. The van der Waals surface area contributed by atoms with Crippen LogP contribution in [0.4, 0.5) is 15.8 Å². The Kier molecular flexibility index (Phi) is 7.12. The van der Waals surface area contributed by atoms with Gasteiger partial charge < -0.3 is 20.4 Å². The van der Waals surface area contributed by atoms with E-state index in [1.165, 1.54) is 12.1 Å². The Bertz CT molecular complexity index is 1670. The van der Waals surface area contributed by atoms with Gasteiger partial charge in [-0.2, -0.15) is 0 Å². The summed E-state index contributed by atoms with van der Waals surface area (Å²) in [6.45, 7) is 1.28. The van der Waals surface area contributed by atoms with Gasteiger partial charge in [-0.1, -0.05) is 60.7 Å². The van der Waals surface area contributed by atoms with Gasteiger partial charge in [0.25, 0.3) is 5.91 Å². The molecule has 6 rings (SSSR count). The number of carbonyl (C=O) groups excluding carboxylic acids is 1. The molecule has 2 heterocycles. The lowest BCUT2D eigenvalue weighted by molar-refractivity contribution is 0.0596. The number of rotatable bonds is 6. The number of carbonyl (C=O) groups is 1. The van der Waals surface area contributed by atoms with Crippen molar-refractivity contribution in [1.82, 2.24) is 9.55 Å². The van der Waals surface area contributed by atoms with E-state index in [2.05, 4.69) is 28.2 Å². The first-order chi connectivity index (χ1) is 19.9. The van der Waals surface area contributed by atoms with Gasteiger partial charge in [0.2, 0.25) is 0 Å². The largest absolute Gasteiger partial charge is 0.397 e. The summed E-state index contributed by atoms with van der Waals surface area (Å²) in [7, 11) is 2.04. The number of imidazole rings is 1. The van der Waals surface area contributed by atoms with Crippen molar-refractivity contribution in [3.63, 3.8) is 0 Å². The molecule has 1 aromatic heterocycles. The van der Waals surface area contributed by atoms with E-state index < -0.39 is 0 Å². The molecule has 1 fully saturated rings. The molecule has 1 saturated heterocycles. The van der Waals surface area contributed by atoms with Gasteiger partial charge in [-0.25, -0.2) is 9.37 Å². The fraction of sp³-hybridized carbons (Fsp3) is 0.176. The number of nitrogen functional groups attached to an aromatic ring is 1. The minimum atomic E-state index is -0.330. The number of nitrogens with two attached hydrogens (primary N) is 1. The van der Waals surface area contributed by atoms with Crippen molar-refractivity contribution in [2.45, 2.75) is 18.3 Å². The number of hydrogen-bond acceptors (Lipinski definition) is 4. The van der Waals surface area contributed by atoms with E-state index >= 15 is 0 Å². The predicted octanol–water partition coefficient (Wildman–Crippen LogP) is 6.82. The molecule has 3 N–H and O–H groups in total. The number of hydrogen-bond donors (Lipinski definition) is 2. The van der Waals surface area contributed by atoms with Crippen LogP contribution in [0.1, 0.15) is 34.6 Å². The Morgan fingerprint density at radius 2 is 1.59 bits per heavy atom. The minimum absolute atomic E-state index is 0.260. The molecule has 0 bridgehead atoms. The molecule has 5 aromatic rings. The zero-order chi connectivity index (χ0) is 28.4. The number of ether oxygens (including phenoxy) is 1. The molecule has 1 aliphatic heterocycles. The number of amides is 1. The number of benzene rings is 4. The predicted molar refractivity (Wildman–Crippen MR) is 160 cm³/mol. The van der Waals surface area contributed by atoms with E-state index in [9.17, 15) is 9.18 Å². The Balaban J connectivity index is 1.27. The van der Waals surface area contributed by atoms with E-state index in [-0.39, 0.29) is 17.1 Å². The van der Waals surface area contributed by atoms with Crippen LogP contribution < -0.4 is 11.1 Å². The maximum Gasteiger partial charge on any atom is 0.255 e. The van der Waals surface area contributed by atoms with E-state index in [4.69, 9.17) is 15.5 Å². The standard InChI is InChI=1S/C34H31FN4O2/c1-39-22-31(24-5-3-2-4-6-24)38-33(39)34(17-19-41-20-18-34)27-12-7-25(8-13-27)32(40)37-30-21-26(11-16-29(30)36)23-9-14-28(35)15-10-23/h2-16,21-22H,17-20,36H2,1H3,(H,37,40). The smallest absolute Gasteiger partial charge is 0.255 e. The SMILES string of the molecule is Cn1cc(-c2ccccc2)nc1C1(c2ccc(C(=O)Nc3cc(-c4ccc(F)cc4)ccc3N)cc2)CCOCC1. The molecule has 0 radical (unpaired) electrons. The molecule has 1 amide bonds. The summed E-state index contributed by atoms with van der Waals surface area (Å²) in [6.07, 6.45) is 3.67. The molecule has 1 aliphatic rings. The fourth-order valence-corrected chi connectivity index (χ4v) is 5.64. The summed E-state index contributed by atoms with van der Waals surface area (Å²) < 4.78 is 21.2. The molecule has 0 saturated carbocycles. The van der Waals surface area contributed by atoms with Crippen LogP contribution >= 0.6 is 0 Å². The molecule has 41 heavy (non-hydrogen) atoms. The third kappa shape index (κ3) is 5.24. The lowest BCUT2D eigenvalue weighted by Crippen LogP contribution is -2.37.